The van der Waals surface area contributed by atoms with Crippen molar-refractivity contribution >= 4 is 20.9 Å². The summed E-state index contributed by atoms with van der Waals surface area (Å²) in [6.07, 6.45) is 0.551. The van der Waals surface area contributed by atoms with Gasteiger partial charge >= 0.3 is 0 Å². The van der Waals surface area contributed by atoms with Gasteiger partial charge in [-0.3, -0.25) is 4.79 Å². The van der Waals surface area contributed by atoms with E-state index < -0.39 is 10.0 Å². The summed E-state index contributed by atoms with van der Waals surface area (Å²) in [6, 6.07) is 22.4. The Bertz CT molecular complexity index is 1440. The highest BCUT2D eigenvalue weighted by molar-refractivity contribution is 7.89. The topological polar surface area (TPSA) is 70.2 Å². The van der Waals surface area contributed by atoms with Gasteiger partial charge in [0.05, 0.1) is 10.4 Å². The molecule has 1 N–H and O–H groups in total. The van der Waals surface area contributed by atoms with Gasteiger partial charge in [0.15, 0.2) is 0 Å². The van der Waals surface area contributed by atoms with Crippen LogP contribution in [0, 0.1) is 20.8 Å². The third-order valence-electron chi connectivity index (χ3n) is 6.02. The number of rotatable bonds is 7. The minimum Gasteiger partial charge on any atom is -0.321 e. The van der Waals surface area contributed by atoms with Crippen molar-refractivity contribution in [1.29, 1.82) is 0 Å². The summed E-state index contributed by atoms with van der Waals surface area (Å²) < 4.78 is 28.6. The lowest BCUT2D eigenvalue weighted by Crippen LogP contribution is -2.34. The Morgan fingerprint density at radius 2 is 1.52 bits per heavy atom. The summed E-state index contributed by atoms with van der Waals surface area (Å²) in [5.41, 5.74) is 5.00. The van der Waals surface area contributed by atoms with Crippen LogP contribution in [0.3, 0.4) is 0 Å². The van der Waals surface area contributed by atoms with Crippen LogP contribution in [-0.4, -0.2) is 24.3 Å². The number of pyridine rings is 1. The van der Waals surface area contributed by atoms with Crippen LogP contribution < -0.4 is 5.56 Å². The molecule has 0 unspecified atom stereocenters. The largest absolute Gasteiger partial charge is 0.321 e. The molecule has 0 aliphatic rings. The zero-order valence-corrected chi connectivity index (χ0v) is 19.9. The van der Waals surface area contributed by atoms with Crippen LogP contribution in [0.4, 0.5) is 0 Å². The smallest absolute Gasteiger partial charge is 0.252 e. The third-order valence-corrected chi connectivity index (χ3v) is 7.88. The first-order valence-corrected chi connectivity index (χ1v) is 12.4. The Morgan fingerprint density at radius 3 is 2.21 bits per heavy atom. The number of H-pyrrole nitrogens is 1. The zero-order chi connectivity index (χ0) is 23.6. The fourth-order valence-electron chi connectivity index (χ4n) is 3.97. The molecule has 0 amide bonds. The number of aromatic amines is 1. The van der Waals surface area contributed by atoms with Gasteiger partial charge in [-0.1, -0.05) is 60.2 Å². The standard InChI is InChI=1S/C27H28N2O3S/c1-19-9-13-24(14-10-19)33(31,32)29(16-15-22-7-5-4-6-8-22)18-23-17-25-20(2)11-12-21(3)26(25)28-27(23)30/h4-14,17H,15-16,18H2,1-3H3,(H,28,30). The molecule has 0 aliphatic heterocycles. The Morgan fingerprint density at radius 1 is 0.848 bits per heavy atom. The van der Waals surface area contributed by atoms with Gasteiger partial charge in [0.25, 0.3) is 5.56 Å². The van der Waals surface area contributed by atoms with E-state index in [0.29, 0.717) is 12.0 Å². The van der Waals surface area contributed by atoms with Crippen LogP contribution in [-0.2, 0) is 23.0 Å². The number of aryl methyl sites for hydroxylation is 3. The molecule has 0 saturated heterocycles. The highest BCUT2D eigenvalue weighted by atomic mass is 32.2. The number of sulfonamides is 1. The second-order valence-corrected chi connectivity index (χ2v) is 10.4. The maximum Gasteiger partial charge on any atom is 0.252 e. The molecule has 0 saturated carbocycles. The second-order valence-electron chi connectivity index (χ2n) is 8.50. The van der Waals surface area contributed by atoms with E-state index in [1.54, 1.807) is 24.3 Å². The van der Waals surface area contributed by atoms with Gasteiger partial charge in [-0.15, -0.1) is 0 Å². The van der Waals surface area contributed by atoms with Gasteiger partial charge in [0.1, 0.15) is 0 Å². The summed E-state index contributed by atoms with van der Waals surface area (Å²) >= 11 is 0. The molecule has 170 valence electrons. The third kappa shape index (κ3) is 4.92. The highest BCUT2D eigenvalue weighted by Crippen LogP contribution is 2.23. The molecule has 0 radical (unpaired) electrons. The maximum absolute atomic E-state index is 13.6. The number of hydrogen-bond acceptors (Lipinski definition) is 3. The van der Waals surface area contributed by atoms with E-state index in [1.807, 2.05) is 69.3 Å². The first-order chi connectivity index (χ1) is 15.8. The molecule has 6 heteroatoms. The Balaban J connectivity index is 1.74. The normalized spacial score (nSPS) is 11.9. The fraction of sp³-hybridized carbons (Fsp3) is 0.222. The number of nitrogens with zero attached hydrogens (tertiary/aromatic N) is 1. The lowest BCUT2D eigenvalue weighted by atomic mass is 10.0. The molecule has 1 aromatic heterocycles. The second kappa shape index (κ2) is 9.33. The van der Waals surface area contributed by atoms with Crippen molar-refractivity contribution in [2.75, 3.05) is 6.54 Å². The number of benzene rings is 3. The average Bonchev–Trinajstić information content (AvgIpc) is 2.80. The van der Waals surface area contributed by atoms with E-state index in [4.69, 9.17) is 0 Å². The highest BCUT2D eigenvalue weighted by Gasteiger charge is 2.25. The molecule has 3 aromatic carbocycles. The molecule has 0 aliphatic carbocycles. The van der Waals surface area contributed by atoms with Crippen molar-refractivity contribution in [3.05, 3.63) is 111 Å². The lowest BCUT2D eigenvalue weighted by molar-refractivity contribution is 0.408. The minimum atomic E-state index is -3.79. The van der Waals surface area contributed by atoms with Gasteiger partial charge in [0.2, 0.25) is 10.0 Å². The molecule has 33 heavy (non-hydrogen) atoms. The van der Waals surface area contributed by atoms with E-state index >= 15 is 0 Å². The van der Waals surface area contributed by atoms with Crippen LogP contribution in [0.5, 0.6) is 0 Å². The van der Waals surface area contributed by atoms with Crippen molar-refractivity contribution < 1.29 is 8.42 Å². The van der Waals surface area contributed by atoms with E-state index in [9.17, 15) is 13.2 Å². The maximum atomic E-state index is 13.6. The summed E-state index contributed by atoms with van der Waals surface area (Å²) in [5, 5.41) is 0.931. The van der Waals surface area contributed by atoms with E-state index in [0.717, 1.165) is 33.2 Å². The summed E-state index contributed by atoms with van der Waals surface area (Å²) in [6.45, 7) is 6.13. The molecule has 4 rings (SSSR count). The summed E-state index contributed by atoms with van der Waals surface area (Å²) in [5.74, 6) is 0. The average molecular weight is 461 g/mol. The number of fused-ring (bicyclic) bond motifs is 1. The molecule has 0 spiro atoms. The summed E-state index contributed by atoms with van der Waals surface area (Å²) in [4.78, 5) is 16.1. The van der Waals surface area contributed by atoms with E-state index in [1.165, 1.54) is 4.31 Å². The Kier molecular flexibility index (Phi) is 6.49. The number of aromatic nitrogens is 1. The van der Waals surface area contributed by atoms with Crippen LogP contribution in [0.15, 0.2) is 82.5 Å². The van der Waals surface area contributed by atoms with Crippen molar-refractivity contribution in [1.82, 2.24) is 9.29 Å². The monoisotopic (exact) mass is 460 g/mol. The predicted molar refractivity (Wildman–Crippen MR) is 133 cm³/mol. The first-order valence-electron chi connectivity index (χ1n) is 11.0. The molecule has 5 nitrogen and oxygen atoms in total. The van der Waals surface area contributed by atoms with E-state index in [-0.39, 0.29) is 23.5 Å². The molecule has 1 heterocycles. The molecule has 0 fully saturated rings. The van der Waals surface area contributed by atoms with Gasteiger partial charge in [-0.05, 0) is 62.1 Å². The van der Waals surface area contributed by atoms with Gasteiger partial charge < -0.3 is 4.98 Å². The van der Waals surface area contributed by atoms with Gasteiger partial charge in [-0.25, -0.2) is 8.42 Å². The van der Waals surface area contributed by atoms with Crippen LogP contribution in [0.2, 0.25) is 0 Å². The Hall–Kier alpha value is -3.22. The zero-order valence-electron chi connectivity index (χ0n) is 19.1. The van der Waals surface area contributed by atoms with Crippen molar-refractivity contribution in [3.63, 3.8) is 0 Å². The Labute approximate surface area is 194 Å². The van der Waals surface area contributed by atoms with Gasteiger partial charge in [0, 0.05) is 24.0 Å². The molecule has 0 atom stereocenters. The summed E-state index contributed by atoms with van der Waals surface area (Å²) in [7, 11) is -3.79. The van der Waals surface area contributed by atoms with Crippen molar-refractivity contribution in [3.8, 4) is 0 Å². The molecular formula is C27H28N2O3S. The minimum absolute atomic E-state index is 0.00169. The van der Waals surface area contributed by atoms with Crippen LogP contribution in [0.1, 0.15) is 27.8 Å². The van der Waals surface area contributed by atoms with Crippen molar-refractivity contribution in [2.24, 2.45) is 0 Å². The van der Waals surface area contributed by atoms with Gasteiger partial charge in [-0.2, -0.15) is 4.31 Å². The molecule has 4 aromatic rings. The van der Waals surface area contributed by atoms with Crippen LogP contribution in [0.25, 0.3) is 10.9 Å². The predicted octanol–water partition coefficient (Wildman–Crippen LogP) is 4.89. The SMILES string of the molecule is Cc1ccc(S(=O)(=O)N(CCc2ccccc2)Cc2cc3c(C)ccc(C)c3[nH]c2=O)cc1. The number of nitrogens with one attached hydrogen (secondary N) is 1. The molecule has 0 bridgehead atoms. The van der Waals surface area contributed by atoms with Crippen molar-refractivity contribution in [2.45, 2.75) is 38.6 Å². The number of hydrogen-bond donors (Lipinski definition) is 1. The molecular weight excluding hydrogens is 432 g/mol. The van der Waals surface area contributed by atoms with Crippen LogP contribution >= 0.6 is 0 Å². The van der Waals surface area contributed by atoms with E-state index in [2.05, 4.69) is 4.98 Å². The lowest BCUT2D eigenvalue weighted by Gasteiger charge is -2.22. The first kappa shape index (κ1) is 23.0. The fourth-order valence-corrected chi connectivity index (χ4v) is 5.39. The quantitative estimate of drug-likeness (QED) is 0.427.